The summed E-state index contributed by atoms with van der Waals surface area (Å²) in [5, 5.41) is 10.3. The Hall–Kier alpha value is -2.34. The van der Waals surface area contributed by atoms with E-state index in [4.69, 9.17) is 0 Å². The van der Waals surface area contributed by atoms with Crippen LogP contribution < -0.4 is 5.32 Å². The topological polar surface area (TPSA) is 64.3 Å². The fourth-order valence-electron chi connectivity index (χ4n) is 3.33. The van der Waals surface area contributed by atoms with Crippen molar-refractivity contribution in [1.29, 1.82) is 0 Å². The van der Waals surface area contributed by atoms with Crippen LogP contribution in [0.3, 0.4) is 0 Å². The standard InChI is InChI=1S/C19H27N5O/c1-15(13-24-10-6-7-11-24)21-19(25)23(2)14-17-12-20-22-18(17)16-8-4-3-5-9-16/h3-5,8-9,12,15H,6-7,10-11,13-14H2,1-2H3,(H,20,22)(H,21,25)/t15-/m1/s1. The van der Waals surface area contributed by atoms with E-state index in [1.54, 1.807) is 11.1 Å². The smallest absolute Gasteiger partial charge is 0.317 e. The summed E-state index contributed by atoms with van der Waals surface area (Å²) < 4.78 is 0. The SMILES string of the molecule is C[C@H](CN1CCCC1)NC(=O)N(C)Cc1cn[nH]c1-c1ccccc1. The van der Waals surface area contributed by atoms with Crippen LogP contribution in [-0.4, -0.2) is 58.8 Å². The van der Waals surface area contributed by atoms with Gasteiger partial charge in [-0.05, 0) is 38.4 Å². The fraction of sp³-hybridized carbons (Fsp3) is 0.474. The number of H-pyrrole nitrogens is 1. The van der Waals surface area contributed by atoms with Crippen molar-refractivity contribution in [2.45, 2.75) is 32.4 Å². The van der Waals surface area contributed by atoms with E-state index in [2.05, 4.69) is 27.3 Å². The van der Waals surface area contributed by atoms with Crippen LogP contribution in [0.15, 0.2) is 36.5 Å². The van der Waals surface area contributed by atoms with Gasteiger partial charge in [-0.2, -0.15) is 5.10 Å². The maximum Gasteiger partial charge on any atom is 0.317 e. The van der Waals surface area contributed by atoms with Crippen LogP contribution in [-0.2, 0) is 6.54 Å². The minimum atomic E-state index is -0.0492. The Bertz CT molecular complexity index is 678. The average Bonchev–Trinajstić information content (AvgIpc) is 3.27. The van der Waals surface area contributed by atoms with E-state index in [0.717, 1.165) is 36.5 Å². The van der Waals surface area contributed by atoms with Crippen LogP contribution in [0.2, 0.25) is 0 Å². The van der Waals surface area contributed by atoms with Gasteiger partial charge in [0.1, 0.15) is 0 Å². The van der Waals surface area contributed by atoms with Crippen LogP contribution in [0.1, 0.15) is 25.3 Å². The number of likely N-dealkylation sites (tertiary alicyclic amines) is 1. The van der Waals surface area contributed by atoms with E-state index in [0.29, 0.717) is 6.54 Å². The summed E-state index contributed by atoms with van der Waals surface area (Å²) in [4.78, 5) is 16.6. The van der Waals surface area contributed by atoms with Gasteiger partial charge in [-0.25, -0.2) is 4.79 Å². The minimum Gasteiger partial charge on any atom is -0.334 e. The molecule has 6 heteroatoms. The molecule has 2 N–H and O–H groups in total. The summed E-state index contributed by atoms with van der Waals surface area (Å²) in [6.07, 6.45) is 4.33. The number of nitrogens with zero attached hydrogens (tertiary/aromatic N) is 3. The van der Waals surface area contributed by atoms with Crippen molar-refractivity contribution in [3.63, 3.8) is 0 Å². The molecule has 1 saturated heterocycles. The number of hydrogen-bond acceptors (Lipinski definition) is 3. The van der Waals surface area contributed by atoms with Crippen molar-refractivity contribution in [1.82, 2.24) is 25.3 Å². The minimum absolute atomic E-state index is 0.0492. The van der Waals surface area contributed by atoms with Crippen LogP contribution in [0, 0.1) is 0 Å². The third kappa shape index (κ3) is 4.60. The van der Waals surface area contributed by atoms with E-state index in [-0.39, 0.29) is 12.1 Å². The molecule has 0 spiro atoms. The van der Waals surface area contributed by atoms with Crippen molar-refractivity contribution in [2.24, 2.45) is 0 Å². The average molecular weight is 341 g/mol. The van der Waals surface area contributed by atoms with Gasteiger partial charge in [-0.15, -0.1) is 0 Å². The number of hydrogen-bond donors (Lipinski definition) is 2. The van der Waals surface area contributed by atoms with Gasteiger partial charge in [0.2, 0.25) is 0 Å². The van der Waals surface area contributed by atoms with Gasteiger partial charge in [0.25, 0.3) is 0 Å². The number of amides is 2. The van der Waals surface area contributed by atoms with Crippen molar-refractivity contribution >= 4 is 6.03 Å². The first kappa shape index (κ1) is 17.5. The Morgan fingerprint density at radius 3 is 2.76 bits per heavy atom. The van der Waals surface area contributed by atoms with Gasteiger partial charge in [0.05, 0.1) is 18.4 Å². The van der Waals surface area contributed by atoms with Crippen LogP contribution in [0.25, 0.3) is 11.3 Å². The first-order chi connectivity index (χ1) is 12.1. The third-order valence-electron chi connectivity index (χ3n) is 4.64. The van der Waals surface area contributed by atoms with Gasteiger partial charge in [0, 0.05) is 25.2 Å². The largest absolute Gasteiger partial charge is 0.334 e. The van der Waals surface area contributed by atoms with Gasteiger partial charge < -0.3 is 15.1 Å². The van der Waals surface area contributed by atoms with Crippen LogP contribution >= 0.6 is 0 Å². The summed E-state index contributed by atoms with van der Waals surface area (Å²) >= 11 is 0. The molecule has 1 aliphatic heterocycles. The maximum absolute atomic E-state index is 12.5. The Morgan fingerprint density at radius 1 is 1.32 bits per heavy atom. The first-order valence-electron chi connectivity index (χ1n) is 8.95. The highest BCUT2D eigenvalue weighted by atomic mass is 16.2. The second-order valence-electron chi connectivity index (χ2n) is 6.85. The maximum atomic E-state index is 12.5. The highest BCUT2D eigenvalue weighted by molar-refractivity contribution is 5.74. The number of urea groups is 1. The fourth-order valence-corrected chi connectivity index (χ4v) is 3.33. The number of aromatic amines is 1. The molecule has 3 rings (SSSR count). The lowest BCUT2D eigenvalue weighted by molar-refractivity contribution is 0.198. The molecule has 1 aromatic carbocycles. The molecule has 2 aromatic rings. The second kappa shape index (κ2) is 8.16. The molecule has 2 heterocycles. The summed E-state index contributed by atoms with van der Waals surface area (Å²) in [6, 6.07) is 10.1. The predicted octanol–water partition coefficient (Wildman–Crippen LogP) is 2.70. The second-order valence-corrected chi connectivity index (χ2v) is 6.85. The van der Waals surface area contributed by atoms with Crippen molar-refractivity contribution in [3.05, 3.63) is 42.1 Å². The van der Waals surface area contributed by atoms with E-state index < -0.39 is 0 Å². The molecule has 1 aromatic heterocycles. The zero-order valence-corrected chi connectivity index (χ0v) is 15.0. The molecule has 2 amide bonds. The van der Waals surface area contributed by atoms with Gasteiger partial charge in [0.15, 0.2) is 0 Å². The monoisotopic (exact) mass is 341 g/mol. The normalized spacial score (nSPS) is 15.9. The summed E-state index contributed by atoms with van der Waals surface area (Å²) in [5.74, 6) is 0. The molecule has 134 valence electrons. The van der Waals surface area contributed by atoms with Gasteiger partial charge in [-0.3, -0.25) is 5.10 Å². The van der Waals surface area contributed by atoms with E-state index in [1.165, 1.54) is 12.8 Å². The number of aromatic nitrogens is 2. The third-order valence-corrected chi connectivity index (χ3v) is 4.64. The molecule has 0 aliphatic carbocycles. The Labute approximate surface area is 149 Å². The Kier molecular flexibility index (Phi) is 5.71. The highest BCUT2D eigenvalue weighted by Crippen LogP contribution is 2.21. The summed E-state index contributed by atoms with van der Waals surface area (Å²) in [6.45, 7) is 5.79. The molecule has 0 radical (unpaired) electrons. The van der Waals surface area contributed by atoms with Crippen molar-refractivity contribution in [2.75, 3.05) is 26.7 Å². The quantitative estimate of drug-likeness (QED) is 0.849. The summed E-state index contributed by atoms with van der Waals surface area (Å²) in [5.41, 5.74) is 3.05. The van der Waals surface area contributed by atoms with Gasteiger partial charge in [-0.1, -0.05) is 30.3 Å². The molecule has 25 heavy (non-hydrogen) atoms. The number of benzene rings is 1. The lowest BCUT2D eigenvalue weighted by atomic mass is 10.1. The van der Waals surface area contributed by atoms with E-state index >= 15 is 0 Å². The summed E-state index contributed by atoms with van der Waals surface area (Å²) in [7, 11) is 1.82. The van der Waals surface area contributed by atoms with Crippen LogP contribution in [0.5, 0.6) is 0 Å². The zero-order chi connectivity index (χ0) is 17.6. The van der Waals surface area contributed by atoms with E-state index in [1.807, 2.05) is 37.4 Å². The lowest BCUT2D eigenvalue weighted by Crippen LogP contribution is -2.46. The molecular formula is C19H27N5O. The van der Waals surface area contributed by atoms with E-state index in [9.17, 15) is 4.79 Å². The lowest BCUT2D eigenvalue weighted by Gasteiger charge is -2.24. The zero-order valence-electron chi connectivity index (χ0n) is 15.0. The molecule has 1 fully saturated rings. The predicted molar refractivity (Wildman–Crippen MR) is 99.2 cm³/mol. The van der Waals surface area contributed by atoms with Crippen molar-refractivity contribution in [3.8, 4) is 11.3 Å². The molecule has 1 atom stereocenters. The molecule has 6 nitrogen and oxygen atoms in total. The highest BCUT2D eigenvalue weighted by Gasteiger charge is 2.18. The number of nitrogens with one attached hydrogen (secondary N) is 2. The number of rotatable bonds is 6. The Morgan fingerprint density at radius 2 is 2.04 bits per heavy atom. The van der Waals surface area contributed by atoms with Crippen LogP contribution in [0.4, 0.5) is 4.79 Å². The molecule has 0 bridgehead atoms. The first-order valence-corrected chi connectivity index (χ1v) is 8.95. The Balaban J connectivity index is 1.56. The molecule has 0 unspecified atom stereocenters. The number of carbonyl (C=O) groups is 1. The molecular weight excluding hydrogens is 314 g/mol. The number of carbonyl (C=O) groups excluding carboxylic acids is 1. The molecule has 0 saturated carbocycles. The molecule has 1 aliphatic rings. The van der Waals surface area contributed by atoms with Crippen molar-refractivity contribution < 1.29 is 4.79 Å². The van der Waals surface area contributed by atoms with Gasteiger partial charge >= 0.3 is 6.03 Å².